The first-order chi connectivity index (χ1) is 7.56. The molecular formula is C12H11BrFNS. The fourth-order valence-electron chi connectivity index (χ4n) is 1.60. The first kappa shape index (κ1) is 11.8. The van der Waals surface area contributed by atoms with E-state index in [4.69, 9.17) is 5.73 Å². The second-order valence-corrected chi connectivity index (χ2v) is 6.18. The van der Waals surface area contributed by atoms with Crippen molar-refractivity contribution >= 4 is 27.3 Å². The molecule has 0 aliphatic carbocycles. The lowest BCUT2D eigenvalue weighted by atomic mass is 10.0. The monoisotopic (exact) mass is 299 g/mol. The van der Waals surface area contributed by atoms with E-state index in [9.17, 15) is 4.39 Å². The van der Waals surface area contributed by atoms with E-state index < -0.39 is 0 Å². The lowest BCUT2D eigenvalue weighted by Gasteiger charge is -2.10. The molecule has 0 aliphatic rings. The van der Waals surface area contributed by atoms with Gasteiger partial charge >= 0.3 is 0 Å². The van der Waals surface area contributed by atoms with Gasteiger partial charge in [0.2, 0.25) is 0 Å². The summed E-state index contributed by atoms with van der Waals surface area (Å²) >= 11 is 4.96. The summed E-state index contributed by atoms with van der Waals surface area (Å²) in [5.41, 5.74) is 7.79. The second kappa shape index (κ2) is 4.65. The molecule has 1 atom stereocenters. The molecule has 1 heterocycles. The number of benzene rings is 1. The fraction of sp³-hybridized carbons (Fsp3) is 0.167. The van der Waals surface area contributed by atoms with Gasteiger partial charge in [-0.3, -0.25) is 0 Å². The number of halogens is 2. The third-order valence-corrected chi connectivity index (χ3v) is 4.03. The third kappa shape index (κ3) is 2.51. The van der Waals surface area contributed by atoms with Gasteiger partial charge in [-0.15, -0.1) is 11.3 Å². The Morgan fingerprint density at radius 2 is 2.06 bits per heavy atom. The average molecular weight is 300 g/mol. The Kier molecular flexibility index (Phi) is 3.42. The predicted molar refractivity (Wildman–Crippen MR) is 69.2 cm³/mol. The molecule has 2 aromatic rings. The van der Waals surface area contributed by atoms with Crippen LogP contribution in [0.5, 0.6) is 0 Å². The van der Waals surface area contributed by atoms with Gasteiger partial charge in [0.05, 0.1) is 9.83 Å². The molecule has 0 bridgehead atoms. The topological polar surface area (TPSA) is 26.0 Å². The van der Waals surface area contributed by atoms with Gasteiger partial charge in [-0.2, -0.15) is 0 Å². The van der Waals surface area contributed by atoms with E-state index in [1.54, 1.807) is 11.3 Å². The first-order valence-corrected chi connectivity index (χ1v) is 6.45. The molecule has 1 aromatic carbocycles. The van der Waals surface area contributed by atoms with Crippen molar-refractivity contribution in [2.75, 3.05) is 0 Å². The summed E-state index contributed by atoms with van der Waals surface area (Å²) in [4.78, 5) is 1.02. The van der Waals surface area contributed by atoms with Gasteiger partial charge in [-0.1, -0.05) is 6.07 Å². The van der Waals surface area contributed by atoms with Gasteiger partial charge in [-0.05, 0) is 58.2 Å². The van der Waals surface area contributed by atoms with Crippen LogP contribution in [0.1, 0.15) is 22.0 Å². The lowest BCUT2D eigenvalue weighted by molar-refractivity contribution is 0.622. The second-order valence-electron chi connectivity index (χ2n) is 3.68. The molecule has 0 spiro atoms. The standard InChI is InChI=1S/C12H11BrFNS/c1-7-4-8(6-9(14)5-7)12(15)10-2-3-11(13)16-10/h2-6,12H,15H2,1H3. The van der Waals surface area contributed by atoms with Crippen LogP contribution in [0.3, 0.4) is 0 Å². The van der Waals surface area contributed by atoms with Crippen molar-refractivity contribution in [1.29, 1.82) is 0 Å². The molecule has 0 aliphatic heterocycles. The van der Waals surface area contributed by atoms with Crippen molar-refractivity contribution in [2.45, 2.75) is 13.0 Å². The SMILES string of the molecule is Cc1cc(F)cc(C(N)c2ccc(Br)s2)c1. The van der Waals surface area contributed by atoms with Gasteiger partial charge in [0.1, 0.15) is 5.82 Å². The van der Waals surface area contributed by atoms with E-state index in [1.807, 2.05) is 25.1 Å². The van der Waals surface area contributed by atoms with Crippen molar-refractivity contribution in [3.63, 3.8) is 0 Å². The van der Waals surface area contributed by atoms with E-state index in [0.29, 0.717) is 0 Å². The van der Waals surface area contributed by atoms with Crippen LogP contribution in [0.25, 0.3) is 0 Å². The normalized spacial score (nSPS) is 12.8. The van der Waals surface area contributed by atoms with Crippen LogP contribution in [-0.2, 0) is 0 Å². The van der Waals surface area contributed by atoms with Crippen molar-refractivity contribution in [3.8, 4) is 0 Å². The minimum atomic E-state index is -0.259. The molecule has 84 valence electrons. The smallest absolute Gasteiger partial charge is 0.123 e. The summed E-state index contributed by atoms with van der Waals surface area (Å²) in [5, 5.41) is 0. The Bertz CT molecular complexity index is 489. The number of thiophene rings is 1. The molecule has 0 saturated carbocycles. The van der Waals surface area contributed by atoms with Crippen molar-refractivity contribution in [1.82, 2.24) is 0 Å². The summed E-state index contributed by atoms with van der Waals surface area (Å²) < 4.78 is 14.3. The quantitative estimate of drug-likeness (QED) is 0.891. The first-order valence-electron chi connectivity index (χ1n) is 4.84. The van der Waals surface area contributed by atoms with E-state index in [1.165, 1.54) is 12.1 Å². The predicted octanol–water partition coefficient (Wildman–Crippen LogP) is 4.01. The summed E-state index contributed by atoms with van der Waals surface area (Å²) in [6, 6.07) is 8.56. The van der Waals surface area contributed by atoms with Crippen LogP contribution in [0.15, 0.2) is 34.1 Å². The van der Waals surface area contributed by atoms with E-state index in [-0.39, 0.29) is 11.9 Å². The van der Waals surface area contributed by atoms with Gasteiger partial charge in [0.15, 0.2) is 0 Å². The van der Waals surface area contributed by atoms with Gasteiger partial charge < -0.3 is 5.73 Å². The summed E-state index contributed by atoms with van der Waals surface area (Å²) in [6.45, 7) is 1.86. The van der Waals surface area contributed by atoms with Crippen molar-refractivity contribution in [2.24, 2.45) is 5.73 Å². The molecule has 0 amide bonds. The molecule has 1 unspecified atom stereocenters. The molecule has 1 nitrogen and oxygen atoms in total. The molecule has 0 saturated heterocycles. The van der Waals surface area contributed by atoms with E-state index >= 15 is 0 Å². The fourth-order valence-corrected chi connectivity index (χ4v) is 3.06. The summed E-state index contributed by atoms with van der Waals surface area (Å²) in [5.74, 6) is -0.235. The zero-order valence-electron chi connectivity index (χ0n) is 8.71. The molecule has 2 N–H and O–H groups in total. The van der Waals surface area contributed by atoms with Gasteiger partial charge in [0, 0.05) is 4.88 Å². The Hall–Kier alpha value is -0.710. The van der Waals surface area contributed by atoms with Crippen LogP contribution in [0.2, 0.25) is 0 Å². The molecule has 0 radical (unpaired) electrons. The number of nitrogens with two attached hydrogens (primary N) is 1. The van der Waals surface area contributed by atoms with Crippen LogP contribution >= 0.6 is 27.3 Å². The highest BCUT2D eigenvalue weighted by Crippen LogP contribution is 2.30. The molecule has 1 aromatic heterocycles. The Labute approximate surface area is 106 Å². The van der Waals surface area contributed by atoms with Crippen LogP contribution < -0.4 is 5.73 Å². The maximum Gasteiger partial charge on any atom is 0.123 e. The van der Waals surface area contributed by atoms with Crippen molar-refractivity contribution < 1.29 is 4.39 Å². The Morgan fingerprint density at radius 1 is 1.31 bits per heavy atom. The van der Waals surface area contributed by atoms with Crippen LogP contribution in [0.4, 0.5) is 4.39 Å². The Morgan fingerprint density at radius 3 is 2.62 bits per heavy atom. The zero-order chi connectivity index (χ0) is 11.7. The van der Waals surface area contributed by atoms with Crippen molar-refractivity contribution in [3.05, 3.63) is 55.9 Å². The lowest BCUT2D eigenvalue weighted by Crippen LogP contribution is -2.10. The highest BCUT2D eigenvalue weighted by molar-refractivity contribution is 9.11. The molecule has 4 heteroatoms. The largest absolute Gasteiger partial charge is 0.320 e. The minimum Gasteiger partial charge on any atom is -0.320 e. The third-order valence-electron chi connectivity index (χ3n) is 2.32. The van der Waals surface area contributed by atoms with Crippen LogP contribution in [0, 0.1) is 12.7 Å². The number of rotatable bonds is 2. The Balaban J connectivity index is 2.37. The van der Waals surface area contributed by atoms with E-state index in [0.717, 1.165) is 19.8 Å². The number of hydrogen-bond acceptors (Lipinski definition) is 2. The molecule has 2 rings (SSSR count). The maximum absolute atomic E-state index is 13.2. The average Bonchev–Trinajstić information content (AvgIpc) is 2.62. The highest BCUT2D eigenvalue weighted by Gasteiger charge is 2.12. The molecule has 16 heavy (non-hydrogen) atoms. The van der Waals surface area contributed by atoms with Crippen LogP contribution in [-0.4, -0.2) is 0 Å². The van der Waals surface area contributed by atoms with Gasteiger partial charge in [0.25, 0.3) is 0 Å². The number of hydrogen-bond donors (Lipinski definition) is 1. The summed E-state index contributed by atoms with van der Waals surface area (Å²) in [7, 11) is 0. The van der Waals surface area contributed by atoms with Gasteiger partial charge in [-0.25, -0.2) is 4.39 Å². The molecule has 0 fully saturated rings. The minimum absolute atomic E-state index is 0.235. The number of aryl methyl sites for hydroxylation is 1. The van der Waals surface area contributed by atoms with E-state index in [2.05, 4.69) is 15.9 Å². The maximum atomic E-state index is 13.2. The highest BCUT2D eigenvalue weighted by atomic mass is 79.9. The molecular weight excluding hydrogens is 289 g/mol. The summed E-state index contributed by atoms with van der Waals surface area (Å²) in [6.07, 6.45) is 0. The zero-order valence-corrected chi connectivity index (χ0v) is 11.1.